The van der Waals surface area contributed by atoms with Crippen molar-refractivity contribution in [1.82, 2.24) is 30.0 Å². The van der Waals surface area contributed by atoms with Gasteiger partial charge in [0.1, 0.15) is 12.4 Å². The standard InChI is InChI=1S/C15H24N6O3S/c1-11(2)4-5-19-6-7-20(14-10-25(23,24)9-13(14)19)15(22)8-21-12(3)16-17-18-21/h4,13-14H,5-10H2,1-3H3/t13-,14+/m0/s1. The zero-order valence-electron chi connectivity index (χ0n) is 14.8. The molecule has 25 heavy (non-hydrogen) atoms. The summed E-state index contributed by atoms with van der Waals surface area (Å²) in [6.07, 6.45) is 2.10. The highest BCUT2D eigenvalue weighted by atomic mass is 32.2. The van der Waals surface area contributed by atoms with E-state index in [1.54, 1.807) is 11.8 Å². The number of carbonyl (C=O) groups is 1. The minimum Gasteiger partial charge on any atom is -0.334 e. The number of hydrogen-bond donors (Lipinski definition) is 0. The molecule has 2 aliphatic heterocycles. The second kappa shape index (κ2) is 6.83. The lowest BCUT2D eigenvalue weighted by Crippen LogP contribution is -2.61. The Morgan fingerprint density at radius 1 is 1.24 bits per heavy atom. The lowest BCUT2D eigenvalue weighted by atomic mass is 10.0. The van der Waals surface area contributed by atoms with Gasteiger partial charge in [-0.25, -0.2) is 13.1 Å². The van der Waals surface area contributed by atoms with Crippen LogP contribution < -0.4 is 0 Å². The van der Waals surface area contributed by atoms with E-state index >= 15 is 0 Å². The molecule has 2 saturated heterocycles. The average Bonchev–Trinajstić information content (AvgIpc) is 3.06. The first kappa shape index (κ1) is 18.0. The van der Waals surface area contributed by atoms with Gasteiger partial charge in [0, 0.05) is 25.7 Å². The Kier molecular flexibility index (Phi) is 4.92. The third-order valence-corrected chi connectivity index (χ3v) is 6.54. The quantitative estimate of drug-likeness (QED) is 0.645. The zero-order chi connectivity index (χ0) is 18.2. The van der Waals surface area contributed by atoms with E-state index in [1.165, 1.54) is 10.3 Å². The molecular weight excluding hydrogens is 344 g/mol. The highest BCUT2D eigenvalue weighted by Crippen LogP contribution is 2.27. The number of aryl methyl sites for hydroxylation is 1. The molecule has 2 atom stereocenters. The number of aromatic nitrogens is 4. The number of allylic oxidation sites excluding steroid dienone is 1. The lowest BCUT2D eigenvalue weighted by molar-refractivity contribution is -0.137. The van der Waals surface area contributed by atoms with Crippen LogP contribution in [0.1, 0.15) is 19.7 Å². The SMILES string of the molecule is CC(C)=CCN1CCN(C(=O)Cn2nnnc2C)[C@@H]2CS(=O)(=O)C[C@@H]21. The summed E-state index contributed by atoms with van der Waals surface area (Å²) in [6.45, 7) is 7.72. The van der Waals surface area contributed by atoms with Gasteiger partial charge >= 0.3 is 0 Å². The van der Waals surface area contributed by atoms with E-state index in [0.717, 1.165) is 0 Å². The first-order valence-electron chi connectivity index (χ1n) is 8.37. The number of amides is 1. The van der Waals surface area contributed by atoms with Crippen LogP contribution in [0.4, 0.5) is 0 Å². The fourth-order valence-corrected chi connectivity index (χ4v) is 5.49. The molecule has 9 nitrogen and oxygen atoms in total. The monoisotopic (exact) mass is 368 g/mol. The third-order valence-electron chi connectivity index (χ3n) is 4.84. The maximum absolute atomic E-state index is 12.7. The van der Waals surface area contributed by atoms with Crippen LogP contribution in [0.2, 0.25) is 0 Å². The third kappa shape index (κ3) is 3.90. The summed E-state index contributed by atoms with van der Waals surface area (Å²) in [5.74, 6) is 0.571. The summed E-state index contributed by atoms with van der Waals surface area (Å²) in [5.41, 5.74) is 1.20. The molecule has 0 spiro atoms. The van der Waals surface area contributed by atoms with Crippen LogP contribution in [0.3, 0.4) is 0 Å². The highest BCUT2D eigenvalue weighted by Gasteiger charge is 2.47. The number of hydrogen-bond acceptors (Lipinski definition) is 7. The van der Waals surface area contributed by atoms with Crippen molar-refractivity contribution in [3.05, 3.63) is 17.5 Å². The molecule has 138 valence electrons. The van der Waals surface area contributed by atoms with Gasteiger partial charge in [-0.15, -0.1) is 5.10 Å². The van der Waals surface area contributed by atoms with Crippen LogP contribution in [-0.2, 0) is 21.2 Å². The molecule has 1 amide bonds. The molecule has 0 aromatic carbocycles. The zero-order valence-corrected chi connectivity index (χ0v) is 15.6. The van der Waals surface area contributed by atoms with Gasteiger partial charge in [-0.05, 0) is 31.2 Å². The maximum Gasteiger partial charge on any atom is 0.244 e. The Balaban J connectivity index is 1.77. The molecule has 0 aliphatic carbocycles. The van der Waals surface area contributed by atoms with Crippen molar-refractivity contribution < 1.29 is 13.2 Å². The second-order valence-electron chi connectivity index (χ2n) is 6.96. The average molecular weight is 368 g/mol. The van der Waals surface area contributed by atoms with E-state index in [1.807, 2.05) is 13.8 Å². The van der Waals surface area contributed by atoms with Crippen molar-refractivity contribution in [2.45, 2.75) is 39.4 Å². The molecule has 1 aromatic heterocycles. The molecule has 0 N–H and O–H groups in total. The van der Waals surface area contributed by atoms with Crippen molar-refractivity contribution in [1.29, 1.82) is 0 Å². The predicted molar refractivity (Wildman–Crippen MR) is 91.5 cm³/mol. The van der Waals surface area contributed by atoms with Crippen LogP contribution in [0.5, 0.6) is 0 Å². The molecule has 1 aromatic rings. The minimum absolute atomic E-state index is 0.0311. The first-order valence-corrected chi connectivity index (χ1v) is 10.2. The minimum atomic E-state index is -3.14. The number of tetrazole rings is 1. The van der Waals surface area contributed by atoms with Gasteiger partial charge in [0.25, 0.3) is 0 Å². The number of fused-ring (bicyclic) bond motifs is 1. The number of piperazine rings is 1. The van der Waals surface area contributed by atoms with Crippen LogP contribution in [-0.4, -0.2) is 87.6 Å². The number of sulfone groups is 1. The van der Waals surface area contributed by atoms with Crippen LogP contribution >= 0.6 is 0 Å². The Morgan fingerprint density at radius 2 is 1.96 bits per heavy atom. The first-order chi connectivity index (χ1) is 11.8. The molecular formula is C15H24N6O3S. The molecule has 3 rings (SSSR count). The van der Waals surface area contributed by atoms with E-state index in [9.17, 15) is 13.2 Å². The second-order valence-corrected chi connectivity index (χ2v) is 9.11. The van der Waals surface area contributed by atoms with Crippen LogP contribution in [0.25, 0.3) is 0 Å². The lowest BCUT2D eigenvalue weighted by Gasteiger charge is -2.43. The largest absolute Gasteiger partial charge is 0.334 e. The summed E-state index contributed by atoms with van der Waals surface area (Å²) in [6, 6.07) is -0.443. The van der Waals surface area contributed by atoms with E-state index in [2.05, 4.69) is 26.5 Å². The van der Waals surface area contributed by atoms with Gasteiger partial charge in [-0.2, -0.15) is 0 Å². The maximum atomic E-state index is 12.7. The van der Waals surface area contributed by atoms with Crippen LogP contribution in [0.15, 0.2) is 11.6 Å². The fraction of sp³-hybridized carbons (Fsp3) is 0.733. The van der Waals surface area contributed by atoms with Gasteiger partial charge in [0.15, 0.2) is 9.84 Å². The van der Waals surface area contributed by atoms with Crippen molar-refractivity contribution in [2.75, 3.05) is 31.1 Å². The molecule has 0 radical (unpaired) electrons. The molecule has 2 aliphatic rings. The smallest absolute Gasteiger partial charge is 0.244 e. The van der Waals surface area contributed by atoms with Gasteiger partial charge in [-0.3, -0.25) is 9.69 Å². The highest BCUT2D eigenvalue weighted by molar-refractivity contribution is 7.91. The Hall–Kier alpha value is -1.81. The van der Waals surface area contributed by atoms with Crippen molar-refractivity contribution >= 4 is 15.7 Å². The van der Waals surface area contributed by atoms with E-state index in [0.29, 0.717) is 25.5 Å². The Bertz CT molecular complexity index is 783. The van der Waals surface area contributed by atoms with Crippen molar-refractivity contribution in [2.24, 2.45) is 0 Å². The molecule has 0 saturated carbocycles. The number of nitrogens with zero attached hydrogens (tertiary/aromatic N) is 6. The van der Waals surface area contributed by atoms with Crippen LogP contribution in [0, 0.1) is 6.92 Å². The number of rotatable bonds is 4. The molecule has 10 heteroatoms. The van der Waals surface area contributed by atoms with Gasteiger partial charge < -0.3 is 4.90 Å². The summed E-state index contributed by atoms with van der Waals surface area (Å²) in [4.78, 5) is 16.6. The summed E-state index contributed by atoms with van der Waals surface area (Å²) >= 11 is 0. The van der Waals surface area contributed by atoms with Gasteiger partial charge in [-0.1, -0.05) is 11.6 Å². The normalized spacial score (nSPS) is 25.6. The van der Waals surface area contributed by atoms with Crippen molar-refractivity contribution in [3.63, 3.8) is 0 Å². The fourth-order valence-electron chi connectivity index (χ4n) is 3.48. The number of carbonyl (C=O) groups excluding carboxylic acids is 1. The van der Waals surface area contributed by atoms with E-state index < -0.39 is 9.84 Å². The van der Waals surface area contributed by atoms with Crippen molar-refractivity contribution in [3.8, 4) is 0 Å². The van der Waals surface area contributed by atoms with E-state index in [-0.39, 0.29) is 36.0 Å². The van der Waals surface area contributed by atoms with E-state index in [4.69, 9.17) is 0 Å². The summed E-state index contributed by atoms with van der Waals surface area (Å²) < 4.78 is 25.8. The molecule has 0 unspecified atom stereocenters. The Morgan fingerprint density at radius 3 is 2.60 bits per heavy atom. The summed E-state index contributed by atoms with van der Waals surface area (Å²) in [5, 5.41) is 11.1. The molecule has 0 bridgehead atoms. The van der Waals surface area contributed by atoms with Gasteiger partial charge in [0.2, 0.25) is 5.91 Å². The molecule has 2 fully saturated rings. The van der Waals surface area contributed by atoms with Gasteiger partial charge in [0.05, 0.1) is 17.5 Å². The summed E-state index contributed by atoms with van der Waals surface area (Å²) in [7, 11) is -3.14. The topological polar surface area (TPSA) is 101 Å². The molecule has 3 heterocycles. The predicted octanol–water partition coefficient (Wildman–Crippen LogP) is -0.742. The Labute approximate surface area is 147 Å².